The van der Waals surface area contributed by atoms with E-state index in [1.54, 1.807) is 0 Å². The summed E-state index contributed by atoms with van der Waals surface area (Å²) >= 11 is 0. The second-order valence-corrected chi connectivity index (χ2v) is 6.58. The molecule has 3 heteroatoms. The molecule has 3 nitrogen and oxygen atoms in total. The number of aromatic amines is 1. The molecule has 1 saturated carbocycles. The van der Waals surface area contributed by atoms with E-state index >= 15 is 0 Å². The highest BCUT2D eigenvalue weighted by Crippen LogP contribution is 2.51. The average Bonchev–Trinajstić information content (AvgIpc) is 3.24. The highest BCUT2D eigenvalue weighted by Gasteiger charge is 2.52. The molecule has 0 bridgehead atoms. The number of H-pyrrole nitrogens is 1. The van der Waals surface area contributed by atoms with Crippen molar-refractivity contribution in [3.8, 4) is 0 Å². The number of amides is 1. The molecule has 2 aromatic carbocycles. The predicted molar refractivity (Wildman–Crippen MR) is 93.8 cm³/mol. The van der Waals surface area contributed by atoms with Crippen LogP contribution in [0.3, 0.4) is 0 Å². The number of rotatable bonds is 3. The molecule has 0 atom stereocenters. The first-order valence-electron chi connectivity index (χ1n) is 8.05. The zero-order valence-corrected chi connectivity index (χ0v) is 13.4. The van der Waals surface area contributed by atoms with Crippen molar-refractivity contribution in [2.45, 2.75) is 32.1 Å². The van der Waals surface area contributed by atoms with E-state index in [0.29, 0.717) is 0 Å². The molecule has 0 aliphatic heterocycles. The van der Waals surface area contributed by atoms with E-state index in [2.05, 4.69) is 42.3 Å². The molecule has 0 saturated heterocycles. The molecule has 1 aliphatic carbocycles. The van der Waals surface area contributed by atoms with Gasteiger partial charge in [-0.25, -0.2) is 0 Å². The standard InChI is InChI=1S/C20H20N2O/c1-13-7-8-15(11-14(13)2)22-19(23)20(9-10-20)17-12-21-18-6-4-3-5-16(17)18/h3-8,11-12,21H,9-10H2,1-2H3,(H,22,23). The zero-order chi connectivity index (χ0) is 16.0. The third-order valence-corrected chi connectivity index (χ3v) is 5.05. The third-order valence-electron chi connectivity index (χ3n) is 5.05. The number of fused-ring (bicyclic) bond motifs is 1. The number of anilines is 1. The van der Waals surface area contributed by atoms with E-state index in [9.17, 15) is 4.79 Å². The van der Waals surface area contributed by atoms with Gasteiger partial charge in [0.2, 0.25) is 5.91 Å². The summed E-state index contributed by atoms with van der Waals surface area (Å²) in [5.41, 5.74) is 5.14. The molecule has 23 heavy (non-hydrogen) atoms. The fourth-order valence-electron chi connectivity index (χ4n) is 3.28. The Balaban J connectivity index is 1.66. The van der Waals surface area contributed by atoms with Crippen LogP contribution in [0.1, 0.15) is 29.5 Å². The average molecular weight is 304 g/mol. The third kappa shape index (κ3) is 2.24. The van der Waals surface area contributed by atoms with Gasteiger partial charge < -0.3 is 10.3 Å². The lowest BCUT2D eigenvalue weighted by Gasteiger charge is -2.15. The Morgan fingerprint density at radius 1 is 1.09 bits per heavy atom. The number of hydrogen-bond donors (Lipinski definition) is 2. The van der Waals surface area contributed by atoms with Gasteiger partial charge in [0.05, 0.1) is 5.41 Å². The van der Waals surface area contributed by atoms with Crippen molar-refractivity contribution in [3.05, 3.63) is 65.4 Å². The number of aryl methyl sites for hydroxylation is 2. The number of hydrogen-bond acceptors (Lipinski definition) is 1. The normalized spacial score (nSPS) is 15.6. The van der Waals surface area contributed by atoms with E-state index in [4.69, 9.17) is 0 Å². The Bertz CT molecular complexity index is 903. The molecule has 1 aromatic heterocycles. The Morgan fingerprint density at radius 3 is 2.61 bits per heavy atom. The fourth-order valence-corrected chi connectivity index (χ4v) is 3.28. The molecule has 2 N–H and O–H groups in total. The molecule has 1 fully saturated rings. The van der Waals surface area contributed by atoms with E-state index < -0.39 is 0 Å². The zero-order valence-electron chi connectivity index (χ0n) is 13.4. The lowest BCUT2D eigenvalue weighted by Crippen LogP contribution is -2.27. The van der Waals surface area contributed by atoms with E-state index in [0.717, 1.165) is 35.0 Å². The summed E-state index contributed by atoms with van der Waals surface area (Å²) in [6.07, 6.45) is 3.81. The smallest absolute Gasteiger partial charge is 0.235 e. The topological polar surface area (TPSA) is 44.9 Å². The maximum Gasteiger partial charge on any atom is 0.235 e. The summed E-state index contributed by atoms with van der Waals surface area (Å²) in [6.45, 7) is 4.15. The van der Waals surface area contributed by atoms with Crippen LogP contribution in [0.15, 0.2) is 48.7 Å². The van der Waals surface area contributed by atoms with Gasteiger partial charge in [0.15, 0.2) is 0 Å². The highest BCUT2D eigenvalue weighted by molar-refractivity contribution is 6.04. The fraction of sp³-hybridized carbons (Fsp3) is 0.250. The van der Waals surface area contributed by atoms with Gasteiger partial charge in [-0.1, -0.05) is 24.3 Å². The van der Waals surface area contributed by atoms with Crippen molar-refractivity contribution in [3.63, 3.8) is 0 Å². The van der Waals surface area contributed by atoms with Gasteiger partial charge >= 0.3 is 0 Å². The van der Waals surface area contributed by atoms with Crippen LogP contribution in [0.2, 0.25) is 0 Å². The molecular formula is C20H20N2O. The Kier molecular flexibility index (Phi) is 3.05. The van der Waals surface area contributed by atoms with Gasteiger partial charge in [-0.2, -0.15) is 0 Å². The van der Waals surface area contributed by atoms with Gasteiger partial charge in [-0.15, -0.1) is 0 Å². The van der Waals surface area contributed by atoms with Crippen molar-refractivity contribution >= 4 is 22.5 Å². The number of carbonyl (C=O) groups excluding carboxylic acids is 1. The summed E-state index contributed by atoms with van der Waals surface area (Å²) in [4.78, 5) is 16.2. The number of benzene rings is 2. The van der Waals surface area contributed by atoms with Crippen LogP contribution in [-0.2, 0) is 10.2 Å². The molecular weight excluding hydrogens is 284 g/mol. The molecule has 1 aliphatic rings. The second kappa shape index (κ2) is 4.98. The van der Waals surface area contributed by atoms with Crippen molar-refractivity contribution < 1.29 is 4.79 Å². The maximum absolute atomic E-state index is 12.9. The van der Waals surface area contributed by atoms with Crippen molar-refractivity contribution in [2.75, 3.05) is 5.32 Å². The molecule has 0 spiro atoms. The quantitative estimate of drug-likeness (QED) is 0.737. The lowest BCUT2D eigenvalue weighted by molar-refractivity contribution is -0.118. The van der Waals surface area contributed by atoms with Crippen LogP contribution >= 0.6 is 0 Å². The summed E-state index contributed by atoms with van der Waals surface area (Å²) in [5, 5.41) is 4.27. The number of para-hydroxylation sites is 1. The second-order valence-electron chi connectivity index (χ2n) is 6.58. The Morgan fingerprint density at radius 2 is 1.87 bits per heavy atom. The first-order valence-corrected chi connectivity index (χ1v) is 8.05. The molecule has 0 unspecified atom stereocenters. The largest absolute Gasteiger partial charge is 0.361 e. The molecule has 1 amide bonds. The number of carbonyl (C=O) groups is 1. The summed E-state index contributed by atoms with van der Waals surface area (Å²) < 4.78 is 0. The first-order chi connectivity index (χ1) is 11.1. The van der Waals surface area contributed by atoms with Crippen LogP contribution in [-0.4, -0.2) is 10.9 Å². The summed E-state index contributed by atoms with van der Waals surface area (Å²) in [7, 11) is 0. The first kappa shape index (κ1) is 14.1. The van der Waals surface area contributed by atoms with Gasteiger partial charge in [-0.3, -0.25) is 4.79 Å². The predicted octanol–water partition coefficient (Wildman–Crippen LogP) is 4.46. The Hall–Kier alpha value is -2.55. The van der Waals surface area contributed by atoms with Gasteiger partial charge in [-0.05, 0) is 61.6 Å². The van der Waals surface area contributed by atoms with Crippen molar-refractivity contribution in [1.29, 1.82) is 0 Å². The van der Waals surface area contributed by atoms with E-state index in [-0.39, 0.29) is 11.3 Å². The van der Waals surface area contributed by atoms with Gasteiger partial charge in [0.25, 0.3) is 0 Å². The van der Waals surface area contributed by atoms with Crippen LogP contribution in [0.5, 0.6) is 0 Å². The molecule has 0 radical (unpaired) electrons. The number of nitrogens with one attached hydrogen (secondary N) is 2. The van der Waals surface area contributed by atoms with Crippen LogP contribution in [0.25, 0.3) is 10.9 Å². The lowest BCUT2D eigenvalue weighted by atomic mass is 9.94. The summed E-state index contributed by atoms with van der Waals surface area (Å²) in [6, 6.07) is 14.2. The molecule has 4 rings (SSSR count). The minimum atomic E-state index is -0.377. The Labute approximate surface area is 135 Å². The van der Waals surface area contributed by atoms with E-state index in [1.165, 1.54) is 11.1 Å². The molecule has 1 heterocycles. The van der Waals surface area contributed by atoms with Gasteiger partial charge in [0.1, 0.15) is 0 Å². The SMILES string of the molecule is Cc1ccc(NC(=O)C2(c3c[nH]c4ccccc34)CC2)cc1C. The van der Waals surface area contributed by atoms with Crippen LogP contribution in [0, 0.1) is 13.8 Å². The van der Waals surface area contributed by atoms with E-state index in [1.807, 2.05) is 30.5 Å². The van der Waals surface area contributed by atoms with Crippen LogP contribution < -0.4 is 5.32 Å². The minimum absolute atomic E-state index is 0.102. The van der Waals surface area contributed by atoms with Gasteiger partial charge in [0, 0.05) is 22.8 Å². The molecule has 116 valence electrons. The highest BCUT2D eigenvalue weighted by atomic mass is 16.2. The summed E-state index contributed by atoms with van der Waals surface area (Å²) in [5.74, 6) is 0.102. The maximum atomic E-state index is 12.9. The van der Waals surface area contributed by atoms with Crippen molar-refractivity contribution in [1.82, 2.24) is 4.98 Å². The minimum Gasteiger partial charge on any atom is -0.361 e. The monoisotopic (exact) mass is 304 g/mol. The number of aromatic nitrogens is 1. The van der Waals surface area contributed by atoms with Crippen molar-refractivity contribution in [2.24, 2.45) is 0 Å². The van der Waals surface area contributed by atoms with Crippen LogP contribution in [0.4, 0.5) is 5.69 Å². The molecule has 3 aromatic rings.